The van der Waals surface area contributed by atoms with Gasteiger partial charge in [0.2, 0.25) is 0 Å². The zero-order chi connectivity index (χ0) is 30.1. The maximum absolute atomic E-state index is 4.76. The van der Waals surface area contributed by atoms with Crippen molar-refractivity contribution in [1.29, 1.82) is 0 Å². The molecule has 0 saturated carbocycles. The summed E-state index contributed by atoms with van der Waals surface area (Å²) in [5.41, 5.74) is 11.7. The molecule has 0 unspecified atom stereocenters. The monoisotopic (exact) mass is 574 g/mol. The number of benzene rings is 7. The summed E-state index contributed by atoms with van der Waals surface area (Å²) in [4.78, 5) is 9.46. The minimum atomic E-state index is -0.152. The summed E-state index contributed by atoms with van der Waals surface area (Å²) in [5, 5.41) is 7.92. The molecule has 0 spiro atoms. The third kappa shape index (κ3) is 3.82. The van der Waals surface area contributed by atoms with Crippen molar-refractivity contribution in [2.75, 3.05) is 0 Å². The minimum absolute atomic E-state index is 0.152. The predicted molar refractivity (Wildman–Crippen MR) is 188 cm³/mol. The van der Waals surface area contributed by atoms with Crippen LogP contribution in [-0.4, -0.2) is 9.97 Å². The molecule has 0 amide bonds. The van der Waals surface area contributed by atoms with E-state index in [1.165, 1.54) is 65.7 Å². The van der Waals surface area contributed by atoms with Gasteiger partial charge in [0.25, 0.3) is 0 Å². The molecular weight excluding hydrogens is 544 g/mol. The van der Waals surface area contributed by atoms with Crippen LogP contribution in [0.3, 0.4) is 0 Å². The topological polar surface area (TPSA) is 25.8 Å². The van der Waals surface area contributed by atoms with Crippen molar-refractivity contribution in [3.63, 3.8) is 0 Å². The normalized spacial score (nSPS) is 13.3. The van der Waals surface area contributed by atoms with Crippen LogP contribution >= 0.6 is 0 Å². The summed E-state index contributed by atoms with van der Waals surface area (Å²) in [6.07, 6.45) is 3.73. The average molecular weight is 575 g/mol. The summed E-state index contributed by atoms with van der Waals surface area (Å²) in [5.74, 6) is 0. The number of rotatable bonds is 3. The van der Waals surface area contributed by atoms with Gasteiger partial charge in [-0.15, -0.1) is 0 Å². The maximum Gasteiger partial charge on any atom is 0.0885 e. The first-order chi connectivity index (χ1) is 22.1. The van der Waals surface area contributed by atoms with Crippen LogP contribution in [0.5, 0.6) is 0 Å². The molecule has 1 aliphatic rings. The van der Waals surface area contributed by atoms with Crippen LogP contribution in [0.2, 0.25) is 0 Å². The van der Waals surface area contributed by atoms with Crippen molar-refractivity contribution in [2.24, 2.45) is 0 Å². The Morgan fingerprint density at radius 2 is 0.867 bits per heavy atom. The van der Waals surface area contributed by atoms with Crippen LogP contribution in [0.25, 0.3) is 77.1 Å². The molecule has 0 saturated heterocycles. The number of hydrogen-bond acceptors (Lipinski definition) is 2. The Hall–Kier alpha value is -5.60. The molecule has 0 N–H and O–H groups in total. The number of nitrogens with zero attached hydrogens (tertiary/aromatic N) is 2. The van der Waals surface area contributed by atoms with E-state index in [0.29, 0.717) is 0 Å². The smallest absolute Gasteiger partial charge is 0.0885 e. The average Bonchev–Trinajstić information content (AvgIpc) is 3.35. The molecule has 9 rings (SSSR count). The first-order valence-electron chi connectivity index (χ1n) is 15.6. The predicted octanol–water partition coefficient (Wildman–Crippen LogP) is 11.2. The van der Waals surface area contributed by atoms with Crippen LogP contribution in [0.4, 0.5) is 0 Å². The molecular formula is C43H30N2. The number of hydrogen-bond donors (Lipinski definition) is 0. The lowest BCUT2D eigenvalue weighted by Gasteiger charge is -2.25. The highest BCUT2D eigenvalue weighted by atomic mass is 14.8. The van der Waals surface area contributed by atoms with Crippen LogP contribution < -0.4 is 0 Å². The van der Waals surface area contributed by atoms with Gasteiger partial charge in [-0.3, -0.25) is 9.97 Å². The lowest BCUT2D eigenvalue weighted by molar-refractivity contribution is 0.672. The van der Waals surface area contributed by atoms with Gasteiger partial charge in [-0.05, 0) is 71.8 Å². The molecule has 1 heterocycles. The Labute approximate surface area is 262 Å². The van der Waals surface area contributed by atoms with Gasteiger partial charge in [0, 0.05) is 16.5 Å². The van der Waals surface area contributed by atoms with Crippen molar-refractivity contribution in [1.82, 2.24) is 9.97 Å². The largest absolute Gasteiger partial charge is 0.252 e. The lowest BCUT2D eigenvalue weighted by atomic mass is 9.77. The van der Waals surface area contributed by atoms with E-state index >= 15 is 0 Å². The second-order valence-electron chi connectivity index (χ2n) is 12.6. The van der Waals surface area contributed by atoms with Crippen molar-refractivity contribution in [3.8, 4) is 44.8 Å². The van der Waals surface area contributed by atoms with Crippen LogP contribution in [0.15, 0.2) is 146 Å². The van der Waals surface area contributed by atoms with Crippen molar-refractivity contribution in [2.45, 2.75) is 19.3 Å². The quantitative estimate of drug-likeness (QED) is 0.196. The van der Waals surface area contributed by atoms with Crippen molar-refractivity contribution >= 4 is 32.3 Å². The molecule has 2 heteroatoms. The fourth-order valence-electron chi connectivity index (χ4n) is 7.74. The fourth-order valence-corrected chi connectivity index (χ4v) is 7.74. The minimum Gasteiger partial charge on any atom is -0.252 e. The molecule has 8 aromatic rings. The highest BCUT2D eigenvalue weighted by molar-refractivity contribution is 6.20. The molecule has 45 heavy (non-hydrogen) atoms. The summed E-state index contributed by atoms with van der Waals surface area (Å²) >= 11 is 0. The second-order valence-corrected chi connectivity index (χ2v) is 12.6. The highest BCUT2D eigenvalue weighted by Gasteiger charge is 2.40. The van der Waals surface area contributed by atoms with Gasteiger partial charge in [-0.1, -0.05) is 141 Å². The number of aromatic nitrogens is 2. The van der Waals surface area contributed by atoms with Gasteiger partial charge >= 0.3 is 0 Å². The summed E-state index contributed by atoms with van der Waals surface area (Å²) in [6.45, 7) is 4.81. The Bertz CT molecular complexity index is 2420. The third-order valence-corrected chi connectivity index (χ3v) is 9.71. The van der Waals surface area contributed by atoms with E-state index in [4.69, 9.17) is 9.97 Å². The van der Waals surface area contributed by atoms with Gasteiger partial charge in [0.05, 0.1) is 23.8 Å². The summed E-state index contributed by atoms with van der Waals surface area (Å²) in [6, 6.07) is 48.2. The third-order valence-electron chi connectivity index (χ3n) is 9.71. The van der Waals surface area contributed by atoms with Crippen LogP contribution in [-0.2, 0) is 5.41 Å². The Morgan fingerprint density at radius 1 is 0.400 bits per heavy atom. The molecule has 1 aromatic heterocycles. The number of fused-ring (bicyclic) bond motifs is 10. The Morgan fingerprint density at radius 3 is 1.49 bits per heavy atom. The Balaban J connectivity index is 1.23. The van der Waals surface area contributed by atoms with Gasteiger partial charge in [0.15, 0.2) is 0 Å². The summed E-state index contributed by atoms with van der Waals surface area (Å²) in [7, 11) is 0. The van der Waals surface area contributed by atoms with Crippen molar-refractivity contribution in [3.05, 3.63) is 157 Å². The van der Waals surface area contributed by atoms with E-state index in [1.807, 2.05) is 30.6 Å². The maximum atomic E-state index is 4.76. The van der Waals surface area contributed by atoms with E-state index in [2.05, 4.69) is 129 Å². The van der Waals surface area contributed by atoms with Crippen molar-refractivity contribution < 1.29 is 0 Å². The van der Waals surface area contributed by atoms with Gasteiger partial charge in [0.1, 0.15) is 0 Å². The summed E-state index contributed by atoms with van der Waals surface area (Å²) < 4.78 is 0. The van der Waals surface area contributed by atoms with E-state index in [0.717, 1.165) is 22.5 Å². The molecule has 2 nitrogen and oxygen atoms in total. The molecule has 0 aliphatic heterocycles. The lowest BCUT2D eigenvalue weighted by Crippen LogP contribution is -2.16. The molecule has 0 fully saturated rings. The standard InChI is InChI=1S/C43H30N2/c1-43(2)41-34-18-10-8-16-32(34)36(24-37(41)40-33-17-9-6-14-30(33)31-15-7-11-19-35(31)42(40)43)27-20-22-29(23-21-27)39-26-44-38(25-45-39)28-12-4-3-5-13-28/h3-26H,1-2H3. The van der Waals surface area contributed by atoms with Gasteiger partial charge < -0.3 is 0 Å². The molecule has 0 bridgehead atoms. The van der Waals surface area contributed by atoms with Gasteiger partial charge in [-0.25, -0.2) is 0 Å². The Kier molecular flexibility index (Phi) is 5.58. The zero-order valence-corrected chi connectivity index (χ0v) is 25.3. The van der Waals surface area contributed by atoms with Crippen LogP contribution in [0.1, 0.15) is 25.0 Å². The van der Waals surface area contributed by atoms with Gasteiger partial charge in [-0.2, -0.15) is 0 Å². The molecule has 0 atom stereocenters. The fraction of sp³-hybridized carbons (Fsp3) is 0.0698. The van der Waals surface area contributed by atoms with E-state index < -0.39 is 0 Å². The van der Waals surface area contributed by atoms with E-state index in [1.54, 1.807) is 0 Å². The first kappa shape index (κ1) is 25.9. The highest BCUT2D eigenvalue weighted by Crippen LogP contribution is 2.57. The molecule has 7 aromatic carbocycles. The first-order valence-corrected chi connectivity index (χ1v) is 15.6. The molecule has 1 aliphatic carbocycles. The van der Waals surface area contributed by atoms with E-state index in [-0.39, 0.29) is 5.41 Å². The second kappa shape index (κ2) is 9.70. The zero-order valence-electron chi connectivity index (χ0n) is 25.3. The molecule has 0 radical (unpaired) electrons. The van der Waals surface area contributed by atoms with Crippen LogP contribution in [0, 0.1) is 0 Å². The molecule has 212 valence electrons. The van der Waals surface area contributed by atoms with E-state index in [9.17, 15) is 0 Å². The SMILES string of the molecule is CC1(C)c2c(cc(-c3ccc(-c4cnc(-c5ccccc5)cn4)cc3)c3ccccc23)-c2c1c1ccccc1c1ccccc21.